The lowest BCUT2D eigenvalue weighted by Gasteiger charge is -2.32. The Balaban J connectivity index is 1.77. The number of likely N-dealkylation sites (N-methyl/N-ethyl adjacent to an activating group) is 1. The first-order valence-electron chi connectivity index (χ1n) is 6.26. The lowest BCUT2D eigenvalue weighted by molar-refractivity contribution is -0.0492. The van der Waals surface area contributed by atoms with E-state index >= 15 is 0 Å². The molecule has 4 unspecified atom stereocenters. The SMILES string of the molecule is CCN1CC2OC(C1)C1CCCCC21. The third-order valence-electron chi connectivity index (χ3n) is 4.50. The van der Waals surface area contributed by atoms with Gasteiger partial charge in [0.25, 0.3) is 0 Å². The Bertz CT molecular complexity index is 198. The van der Waals surface area contributed by atoms with Gasteiger partial charge in [0.1, 0.15) is 0 Å². The highest BCUT2D eigenvalue weighted by Crippen LogP contribution is 2.45. The maximum absolute atomic E-state index is 6.13. The summed E-state index contributed by atoms with van der Waals surface area (Å²) in [5.74, 6) is 1.82. The molecule has 2 nitrogen and oxygen atoms in total. The minimum Gasteiger partial charge on any atom is -0.372 e. The standard InChI is InChI=1S/C12H21NO/c1-2-13-7-11-9-5-3-4-6-10(9)12(8-13)14-11/h9-12H,2-8H2,1H3. The summed E-state index contributed by atoms with van der Waals surface area (Å²) in [6.07, 6.45) is 6.92. The van der Waals surface area contributed by atoms with E-state index in [0.29, 0.717) is 12.2 Å². The van der Waals surface area contributed by atoms with E-state index in [4.69, 9.17) is 4.74 Å². The maximum Gasteiger partial charge on any atom is 0.0738 e. The van der Waals surface area contributed by atoms with Crippen molar-refractivity contribution in [1.29, 1.82) is 0 Å². The van der Waals surface area contributed by atoms with Gasteiger partial charge in [0, 0.05) is 13.1 Å². The molecule has 0 radical (unpaired) electrons. The van der Waals surface area contributed by atoms with Crippen LogP contribution < -0.4 is 0 Å². The van der Waals surface area contributed by atoms with Crippen LogP contribution in [0, 0.1) is 11.8 Å². The molecule has 2 bridgehead atoms. The average Bonchev–Trinajstić information content (AvgIpc) is 2.52. The molecule has 1 saturated carbocycles. The van der Waals surface area contributed by atoms with Crippen LogP contribution in [-0.2, 0) is 4.74 Å². The van der Waals surface area contributed by atoms with E-state index in [-0.39, 0.29) is 0 Å². The number of hydrogen-bond donors (Lipinski definition) is 0. The lowest BCUT2D eigenvalue weighted by atomic mass is 9.77. The molecule has 2 saturated heterocycles. The number of nitrogens with zero attached hydrogens (tertiary/aromatic N) is 1. The molecule has 0 aromatic heterocycles. The lowest BCUT2D eigenvalue weighted by Crippen LogP contribution is -2.43. The Kier molecular flexibility index (Phi) is 2.29. The van der Waals surface area contributed by atoms with Crippen LogP contribution >= 0.6 is 0 Å². The van der Waals surface area contributed by atoms with Gasteiger partial charge in [0.2, 0.25) is 0 Å². The monoisotopic (exact) mass is 195 g/mol. The first-order valence-corrected chi connectivity index (χ1v) is 6.26. The zero-order valence-corrected chi connectivity index (χ0v) is 9.11. The Morgan fingerprint density at radius 2 is 1.64 bits per heavy atom. The summed E-state index contributed by atoms with van der Waals surface area (Å²) in [5.41, 5.74) is 0. The van der Waals surface area contributed by atoms with Gasteiger partial charge in [-0.1, -0.05) is 19.8 Å². The molecule has 2 heterocycles. The third kappa shape index (κ3) is 1.31. The van der Waals surface area contributed by atoms with Gasteiger partial charge in [-0.2, -0.15) is 0 Å². The predicted octanol–water partition coefficient (Wildman–Crippen LogP) is 1.90. The number of hydrogen-bond acceptors (Lipinski definition) is 2. The van der Waals surface area contributed by atoms with Crippen molar-refractivity contribution >= 4 is 0 Å². The van der Waals surface area contributed by atoms with E-state index in [1.54, 1.807) is 0 Å². The van der Waals surface area contributed by atoms with E-state index in [0.717, 1.165) is 11.8 Å². The zero-order chi connectivity index (χ0) is 9.54. The molecule has 0 aromatic rings. The molecule has 3 rings (SSSR count). The van der Waals surface area contributed by atoms with Gasteiger partial charge in [-0.25, -0.2) is 0 Å². The number of likely N-dealkylation sites (tertiary alicyclic amines) is 1. The Morgan fingerprint density at radius 3 is 2.14 bits per heavy atom. The molecular weight excluding hydrogens is 174 g/mol. The van der Waals surface area contributed by atoms with Crippen LogP contribution in [-0.4, -0.2) is 36.7 Å². The molecule has 2 aliphatic heterocycles. The summed E-state index contributed by atoms with van der Waals surface area (Å²) < 4.78 is 6.13. The maximum atomic E-state index is 6.13. The summed E-state index contributed by atoms with van der Waals surface area (Å²) in [6.45, 7) is 5.88. The molecule has 14 heavy (non-hydrogen) atoms. The van der Waals surface area contributed by atoms with Gasteiger partial charge < -0.3 is 4.74 Å². The fourth-order valence-electron chi connectivity index (χ4n) is 3.74. The first kappa shape index (κ1) is 9.17. The van der Waals surface area contributed by atoms with Crippen molar-refractivity contribution in [3.63, 3.8) is 0 Å². The van der Waals surface area contributed by atoms with Crippen LogP contribution in [0.25, 0.3) is 0 Å². The van der Waals surface area contributed by atoms with Crippen molar-refractivity contribution < 1.29 is 4.74 Å². The number of ether oxygens (including phenoxy) is 1. The largest absolute Gasteiger partial charge is 0.372 e. The van der Waals surface area contributed by atoms with Gasteiger partial charge in [0.15, 0.2) is 0 Å². The summed E-state index contributed by atoms with van der Waals surface area (Å²) in [5, 5.41) is 0. The number of morpholine rings is 1. The van der Waals surface area contributed by atoms with Crippen molar-refractivity contribution in [2.75, 3.05) is 19.6 Å². The summed E-state index contributed by atoms with van der Waals surface area (Å²) in [7, 11) is 0. The molecule has 1 aliphatic carbocycles. The Hall–Kier alpha value is -0.0800. The van der Waals surface area contributed by atoms with E-state index < -0.39 is 0 Å². The summed E-state index contributed by atoms with van der Waals surface area (Å²) in [6, 6.07) is 0. The second-order valence-corrected chi connectivity index (χ2v) is 5.18. The Morgan fingerprint density at radius 1 is 1.07 bits per heavy atom. The average molecular weight is 195 g/mol. The topological polar surface area (TPSA) is 12.5 Å². The van der Waals surface area contributed by atoms with Crippen LogP contribution in [0.1, 0.15) is 32.6 Å². The van der Waals surface area contributed by atoms with Crippen molar-refractivity contribution in [2.24, 2.45) is 11.8 Å². The first-order chi connectivity index (χ1) is 6.88. The molecule has 3 aliphatic rings. The Labute approximate surface area is 86.6 Å². The van der Waals surface area contributed by atoms with E-state index in [2.05, 4.69) is 11.8 Å². The molecule has 0 amide bonds. The summed E-state index contributed by atoms with van der Waals surface area (Å²) in [4.78, 5) is 2.58. The van der Waals surface area contributed by atoms with E-state index in [9.17, 15) is 0 Å². The molecular formula is C12H21NO. The fraction of sp³-hybridized carbons (Fsp3) is 1.00. The van der Waals surface area contributed by atoms with E-state index in [1.165, 1.54) is 45.3 Å². The molecule has 80 valence electrons. The highest BCUT2D eigenvalue weighted by atomic mass is 16.5. The molecule has 0 spiro atoms. The highest BCUT2D eigenvalue weighted by molar-refractivity contribution is 4.98. The van der Waals surface area contributed by atoms with Crippen LogP contribution in [0.4, 0.5) is 0 Å². The van der Waals surface area contributed by atoms with E-state index in [1.807, 2.05) is 0 Å². The molecule has 0 aromatic carbocycles. The van der Waals surface area contributed by atoms with Gasteiger partial charge in [-0.3, -0.25) is 4.90 Å². The third-order valence-corrected chi connectivity index (χ3v) is 4.50. The highest BCUT2D eigenvalue weighted by Gasteiger charge is 2.48. The van der Waals surface area contributed by atoms with Gasteiger partial charge in [-0.05, 0) is 31.2 Å². The van der Waals surface area contributed by atoms with Crippen LogP contribution in [0.5, 0.6) is 0 Å². The second kappa shape index (κ2) is 3.49. The van der Waals surface area contributed by atoms with Gasteiger partial charge in [0.05, 0.1) is 12.2 Å². The van der Waals surface area contributed by atoms with Crippen LogP contribution in [0.15, 0.2) is 0 Å². The van der Waals surface area contributed by atoms with Gasteiger partial charge in [-0.15, -0.1) is 0 Å². The minimum atomic E-state index is 0.582. The predicted molar refractivity (Wildman–Crippen MR) is 56.2 cm³/mol. The van der Waals surface area contributed by atoms with Crippen LogP contribution in [0.2, 0.25) is 0 Å². The molecule has 0 N–H and O–H groups in total. The molecule has 4 atom stereocenters. The summed E-state index contributed by atoms with van der Waals surface area (Å²) >= 11 is 0. The minimum absolute atomic E-state index is 0.582. The molecule has 3 fully saturated rings. The van der Waals surface area contributed by atoms with Crippen molar-refractivity contribution in [1.82, 2.24) is 4.90 Å². The zero-order valence-electron chi connectivity index (χ0n) is 9.11. The van der Waals surface area contributed by atoms with Crippen molar-refractivity contribution in [2.45, 2.75) is 44.8 Å². The van der Waals surface area contributed by atoms with Crippen LogP contribution in [0.3, 0.4) is 0 Å². The van der Waals surface area contributed by atoms with Crippen molar-refractivity contribution in [3.05, 3.63) is 0 Å². The normalized spacial score (nSPS) is 47.8. The number of rotatable bonds is 1. The van der Waals surface area contributed by atoms with Gasteiger partial charge >= 0.3 is 0 Å². The quantitative estimate of drug-likeness (QED) is 0.633. The second-order valence-electron chi connectivity index (χ2n) is 5.18. The fourth-order valence-corrected chi connectivity index (χ4v) is 3.74. The number of fused-ring (bicyclic) bond motifs is 5. The van der Waals surface area contributed by atoms with Crippen molar-refractivity contribution in [3.8, 4) is 0 Å². The smallest absolute Gasteiger partial charge is 0.0738 e. The molecule has 2 heteroatoms.